The standard InChI is InChI=1S/C30H48O4/c1-21(32-24-13-7-4-8-14-24)27-19-20-28(31)30(23(3)34-26-17-11-6-12-18-26)29(27)22(2)33-25-15-9-5-10-16-25/h19-26,31H,4-18H2,1-3H3. The third kappa shape index (κ3) is 6.77. The van der Waals surface area contributed by atoms with Crippen LogP contribution in [0.1, 0.15) is 152 Å². The zero-order valence-corrected chi connectivity index (χ0v) is 21.9. The molecule has 3 unspecified atom stereocenters. The summed E-state index contributed by atoms with van der Waals surface area (Å²) in [6.45, 7) is 6.45. The summed E-state index contributed by atoms with van der Waals surface area (Å²) in [4.78, 5) is 0. The number of hydrogen-bond acceptors (Lipinski definition) is 4. The first-order valence-corrected chi connectivity index (χ1v) is 14.3. The topological polar surface area (TPSA) is 47.9 Å². The Morgan fingerprint density at radius 1 is 0.559 bits per heavy atom. The lowest BCUT2D eigenvalue weighted by atomic mass is 9.89. The van der Waals surface area contributed by atoms with Gasteiger partial charge in [-0.05, 0) is 76.5 Å². The van der Waals surface area contributed by atoms with E-state index in [2.05, 4.69) is 26.8 Å². The van der Waals surface area contributed by atoms with Crippen molar-refractivity contribution in [3.63, 3.8) is 0 Å². The lowest BCUT2D eigenvalue weighted by Gasteiger charge is -2.33. The van der Waals surface area contributed by atoms with Gasteiger partial charge in [0, 0.05) is 5.56 Å². The minimum atomic E-state index is -0.169. The fourth-order valence-electron chi connectivity index (χ4n) is 6.56. The predicted molar refractivity (Wildman–Crippen MR) is 137 cm³/mol. The first-order valence-electron chi connectivity index (χ1n) is 14.3. The fraction of sp³-hybridized carbons (Fsp3) is 0.800. The summed E-state index contributed by atoms with van der Waals surface area (Å²) in [5.74, 6) is 0.325. The van der Waals surface area contributed by atoms with Crippen LogP contribution in [0.4, 0.5) is 0 Å². The summed E-state index contributed by atoms with van der Waals surface area (Å²) < 4.78 is 19.8. The Bertz CT molecular complexity index is 744. The maximum absolute atomic E-state index is 11.1. The number of hydrogen-bond donors (Lipinski definition) is 1. The Labute approximate surface area is 207 Å². The van der Waals surface area contributed by atoms with Crippen molar-refractivity contribution in [3.05, 3.63) is 28.8 Å². The van der Waals surface area contributed by atoms with Crippen LogP contribution >= 0.6 is 0 Å². The van der Waals surface area contributed by atoms with Crippen LogP contribution in [0.15, 0.2) is 12.1 Å². The van der Waals surface area contributed by atoms with Gasteiger partial charge in [0.15, 0.2) is 0 Å². The van der Waals surface area contributed by atoms with Crippen LogP contribution in [0, 0.1) is 0 Å². The maximum Gasteiger partial charge on any atom is 0.121 e. The molecule has 0 spiro atoms. The van der Waals surface area contributed by atoms with E-state index in [-0.39, 0.29) is 24.4 Å². The second kappa shape index (κ2) is 12.7. The minimum absolute atomic E-state index is 0.0308. The van der Waals surface area contributed by atoms with Gasteiger partial charge in [-0.25, -0.2) is 0 Å². The van der Waals surface area contributed by atoms with Crippen LogP contribution < -0.4 is 0 Å². The van der Waals surface area contributed by atoms with E-state index in [1.807, 2.05) is 6.07 Å². The highest BCUT2D eigenvalue weighted by molar-refractivity contribution is 5.48. The predicted octanol–water partition coefficient (Wildman–Crippen LogP) is 8.62. The number of benzene rings is 1. The molecule has 1 aromatic rings. The Balaban J connectivity index is 1.61. The molecule has 4 rings (SSSR count). The van der Waals surface area contributed by atoms with Gasteiger partial charge in [0.1, 0.15) is 5.75 Å². The van der Waals surface area contributed by atoms with Gasteiger partial charge in [0.25, 0.3) is 0 Å². The van der Waals surface area contributed by atoms with Gasteiger partial charge in [-0.2, -0.15) is 0 Å². The van der Waals surface area contributed by atoms with Crippen molar-refractivity contribution in [2.75, 3.05) is 0 Å². The number of phenolic OH excluding ortho intramolecular Hbond substituents is 1. The van der Waals surface area contributed by atoms with Gasteiger partial charge >= 0.3 is 0 Å². The van der Waals surface area contributed by atoms with Crippen molar-refractivity contribution in [2.45, 2.75) is 154 Å². The molecule has 192 valence electrons. The monoisotopic (exact) mass is 472 g/mol. The summed E-state index contributed by atoms with van der Waals surface area (Å²) in [6, 6.07) is 3.92. The van der Waals surface area contributed by atoms with Crippen molar-refractivity contribution < 1.29 is 19.3 Å². The highest BCUT2D eigenvalue weighted by Crippen LogP contribution is 2.43. The Kier molecular flexibility index (Phi) is 9.73. The average molecular weight is 473 g/mol. The lowest BCUT2D eigenvalue weighted by Crippen LogP contribution is -2.24. The van der Waals surface area contributed by atoms with Gasteiger partial charge < -0.3 is 19.3 Å². The van der Waals surface area contributed by atoms with Crippen LogP contribution in [-0.4, -0.2) is 23.4 Å². The number of phenols is 1. The molecule has 34 heavy (non-hydrogen) atoms. The molecular weight excluding hydrogens is 424 g/mol. The number of ether oxygens (including phenoxy) is 3. The third-order valence-electron chi connectivity index (χ3n) is 8.40. The molecule has 0 heterocycles. The maximum atomic E-state index is 11.1. The van der Waals surface area contributed by atoms with E-state index in [0.717, 1.165) is 55.2 Å². The van der Waals surface area contributed by atoms with E-state index in [9.17, 15) is 5.11 Å². The first-order chi connectivity index (χ1) is 16.5. The molecule has 0 amide bonds. The van der Waals surface area contributed by atoms with Crippen molar-refractivity contribution in [3.8, 4) is 5.75 Å². The van der Waals surface area contributed by atoms with Gasteiger partial charge in [-0.1, -0.05) is 63.9 Å². The van der Waals surface area contributed by atoms with Gasteiger partial charge in [0.05, 0.1) is 36.6 Å². The van der Waals surface area contributed by atoms with Crippen molar-refractivity contribution in [1.82, 2.24) is 0 Å². The summed E-state index contributed by atoms with van der Waals surface area (Å²) >= 11 is 0. The molecule has 3 fully saturated rings. The summed E-state index contributed by atoms with van der Waals surface area (Å²) in [5.41, 5.74) is 3.16. The fourth-order valence-corrected chi connectivity index (χ4v) is 6.56. The molecule has 0 radical (unpaired) electrons. The first kappa shape index (κ1) is 26.0. The summed E-state index contributed by atoms with van der Waals surface area (Å²) in [5, 5.41) is 11.1. The second-order valence-electron chi connectivity index (χ2n) is 11.1. The molecule has 1 N–H and O–H groups in total. The van der Waals surface area contributed by atoms with Crippen molar-refractivity contribution in [1.29, 1.82) is 0 Å². The molecule has 3 aliphatic carbocycles. The number of rotatable bonds is 9. The van der Waals surface area contributed by atoms with E-state index in [4.69, 9.17) is 14.2 Å². The Morgan fingerprint density at radius 3 is 1.38 bits per heavy atom. The van der Waals surface area contributed by atoms with Crippen molar-refractivity contribution in [2.24, 2.45) is 0 Å². The van der Waals surface area contributed by atoms with E-state index in [1.54, 1.807) is 0 Å². The normalized spacial score (nSPS) is 24.1. The van der Waals surface area contributed by atoms with Crippen LogP contribution in [0.3, 0.4) is 0 Å². The highest BCUT2D eigenvalue weighted by Gasteiger charge is 2.30. The molecule has 0 aromatic heterocycles. The molecule has 4 heteroatoms. The van der Waals surface area contributed by atoms with E-state index in [1.165, 1.54) is 57.8 Å². The minimum Gasteiger partial charge on any atom is -0.508 e. The zero-order chi connectivity index (χ0) is 23.9. The van der Waals surface area contributed by atoms with Crippen LogP contribution in [0.2, 0.25) is 0 Å². The van der Waals surface area contributed by atoms with Crippen LogP contribution in [0.25, 0.3) is 0 Å². The average Bonchev–Trinajstić information content (AvgIpc) is 2.85. The van der Waals surface area contributed by atoms with E-state index < -0.39 is 0 Å². The number of aromatic hydroxyl groups is 1. The summed E-state index contributed by atoms with van der Waals surface area (Å²) in [7, 11) is 0. The quantitative estimate of drug-likeness (QED) is 0.391. The van der Waals surface area contributed by atoms with Gasteiger partial charge in [-0.15, -0.1) is 0 Å². The molecule has 0 aliphatic heterocycles. The van der Waals surface area contributed by atoms with E-state index in [0.29, 0.717) is 18.0 Å². The van der Waals surface area contributed by atoms with Gasteiger partial charge in [0.2, 0.25) is 0 Å². The Hall–Kier alpha value is -1.10. The van der Waals surface area contributed by atoms with Crippen LogP contribution in [0.5, 0.6) is 5.75 Å². The highest BCUT2D eigenvalue weighted by atomic mass is 16.5. The smallest absolute Gasteiger partial charge is 0.121 e. The lowest BCUT2D eigenvalue weighted by molar-refractivity contribution is -0.0409. The Morgan fingerprint density at radius 2 is 0.941 bits per heavy atom. The molecule has 3 aliphatic rings. The molecular formula is C30H48O4. The van der Waals surface area contributed by atoms with E-state index >= 15 is 0 Å². The molecule has 0 saturated heterocycles. The molecule has 3 saturated carbocycles. The van der Waals surface area contributed by atoms with Crippen molar-refractivity contribution >= 4 is 0 Å². The second-order valence-corrected chi connectivity index (χ2v) is 11.1. The SMILES string of the molecule is CC(OC1CCCCC1)c1ccc(O)c(C(C)OC2CCCCC2)c1C(C)OC1CCCCC1. The molecule has 4 nitrogen and oxygen atoms in total. The molecule has 3 atom stereocenters. The third-order valence-corrected chi connectivity index (χ3v) is 8.40. The largest absolute Gasteiger partial charge is 0.508 e. The van der Waals surface area contributed by atoms with Crippen LogP contribution in [-0.2, 0) is 14.2 Å². The molecule has 0 bridgehead atoms. The van der Waals surface area contributed by atoms with Gasteiger partial charge in [-0.3, -0.25) is 0 Å². The summed E-state index contributed by atoms with van der Waals surface area (Å²) in [6.07, 6.45) is 18.9. The molecule has 1 aromatic carbocycles. The zero-order valence-electron chi connectivity index (χ0n) is 21.9.